The second kappa shape index (κ2) is 8.85. The monoisotopic (exact) mass is 236 g/mol. The van der Waals surface area contributed by atoms with Crippen LogP contribution in [-0.4, -0.2) is 18.1 Å². The van der Waals surface area contributed by atoms with Crippen LogP contribution in [0.15, 0.2) is 18.3 Å². The van der Waals surface area contributed by atoms with E-state index in [9.17, 15) is 0 Å². The van der Waals surface area contributed by atoms with Crippen molar-refractivity contribution in [2.45, 2.75) is 46.0 Å². The first-order chi connectivity index (χ1) is 8.38. The Labute approximate surface area is 105 Å². The third kappa shape index (κ3) is 5.57. The highest BCUT2D eigenvalue weighted by atomic mass is 16.5. The van der Waals surface area contributed by atoms with E-state index in [2.05, 4.69) is 24.1 Å². The van der Waals surface area contributed by atoms with Crippen molar-refractivity contribution in [1.82, 2.24) is 4.98 Å². The third-order valence-corrected chi connectivity index (χ3v) is 2.56. The molecule has 0 radical (unpaired) electrons. The van der Waals surface area contributed by atoms with Crippen LogP contribution in [0.2, 0.25) is 0 Å². The molecule has 0 aliphatic rings. The van der Waals surface area contributed by atoms with Crippen molar-refractivity contribution in [3.63, 3.8) is 0 Å². The minimum atomic E-state index is 0.746. The van der Waals surface area contributed by atoms with Gasteiger partial charge in [-0.25, -0.2) is 4.98 Å². The number of anilines is 1. The zero-order chi connectivity index (χ0) is 12.3. The van der Waals surface area contributed by atoms with E-state index in [-0.39, 0.29) is 0 Å². The van der Waals surface area contributed by atoms with E-state index < -0.39 is 0 Å². The van der Waals surface area contributed by atoms with Gasteiger partial charge in [0.1, 0.15) is 0 Å². The Morgan fingerprint density at radius 3 is 2.82 bits per heavy atom. The molecule has 1 aromatic rings. The number of ether oxygens (including phenoxy) is 1. The maximum absolute atomic E-state index is 5.64. The molecule has 0 amide bonds. The topological polar surface area (TPSA) is 34.2 Å². The van der Waals surface area contributed by atoms with Gasteiger partial charge in [0.05, 0.1) is 6.61 Å². The average Bonchev–Trinajstić information content (AvgIpc) is 2.37. The predicted molar refractivity (Wildman–Crippen MR) is 72.7 cm³/mol. The molecule has 0 spiro atoms. The molecule has 0 aliphatic heterocycles. The molecule has 3 nitrogen and oxygen atoms in total. The molecule has 1 N–H and O–H groups in total. The van der Waals surface area contributed by atoms with Crippen LogP contribution < -0.4 is 10.1 Å². The molecule has 0 unspecified atom stereocenters. The van der Waals surface area contributed by atoms with Crippen LogP contribution in [0.25, 0.3) is 0 Å². The first-order valence-corrected chi connectivity index (χ1v) is 6.70. The maximum Gasteiger partial charge on any atom is 0.168 e. The molecule has 0 fully saturated rings. The highest BCUT2D eigenvalue weighted by Crippen LogP contribution is 2.20. The molecule has 0 aromatic carbocycles. The standard InChI is InChI=1S/C14H24N2O/c1-3-5-6-7-10-15-14-13(17-12-4-2)9-8-11-16-14/h8-9,11H,3-7,10,12H2,1-2H3,(H,15,16). The highest BCUT2D eigenvalue weighted by molar-refractivity contribution is 5.49. The van der Waals surface area contributed by atoms with Crippen LogP contribution in [0.3, 0.4) is 0 Å². The van der Waals surface area contributed by atoms with Gasteiger partial charge < -0.3 is 10.1 Å². The van der Waals surface area contributed by atoms with Crippen LogP contribution in [-0.2, 0) is 0 Å². The highest BCUT2D eigenvalue weighted by Gasteiger charge is 2.02. The van der Waals surface area contributed by atoms with Crippen LogP contribution in [0.5, 0.6) is 5.75 Å². The maximum atomic E-state index is 5.64. The summed E-state index contributed by atoms with van der Waals surface area (Å²) < 4.78 is 5.64. The first kappa shape index (κ1) is 13.8. The minimum Gasteiger partial charge on any atom is -0.490 e. The predicted octanol–water partition coefficient (Wildman–Crippen LogP) is 3.86. The third-order valence-electron chi connectivity index (χ3n) is 2.56. The Bertz CT molecular complexity index is 302. The molecule has 0 saturated heterocycles. The molecule has 0 saturated carbocycles. The van der Waals surface area contributed by atoms with Crippen molar-refractivity contribution < 1.29 is 4.74 Å². The van der Waals surface area contributed by atoms with Gasteiger partial charge in [0.2, 0.25) is 0 Å². The van der Waals surface area contributed by atoms with E-state index in [4.69, 9.17) is 4.74 Å². The smallest absolute Gasteiger partial charge is 0.168 e. The second-order valence-electron chi connectivity index (χ2n) is 4.19. The zero-order valence-electron chi connectivity index (χ0n) is 11.0. The summed E-state index contributed by atoms with van der Waals surface area (Å²) in [6.45, 7) is 6.05. The Morgan fingerprint density at radius 1 is 1.18 bits per heavy atom. The number of nitrogens with zero attached hydrogens (tertiary/aromatic N) is 1. The molecule has 0 aliphatic carbocycles. The fourth-order valence-corrected chi connectivity index (χ4v) is 1.61. The van der Waals surface area contributed by atoms with Gasteiger partial charge in [-0.2, -0.15) is 0 Å². The number of aromatic nitrogens is 1. The molecule has 3 heteroatoms. The van der Waals surface area contributed by atoms with Gasteiger partial charge >= 0.3 is 0 Å². The molecule has 1 aromatic heterocycles. The number of pyridine rings is 1. The summed E-state index contributed by atoms with van der Waals surface area (Å²) in [6, 6.07) is 3.88. The van der Waals surface area contributed by atoms with Crippen LogP contribution in [0.4, 0.5) is 5.82 Å². The van der Waals surface area contributed by atoms with Crippen LogP contribution in [0, 0.1) is 0 Å². The Balaban J connectivity index is 2.35. The van der Waals surface area contributed by atoms with Crippen LogP contribution >= 0.6 is 0 Å². The summed E-state index contributed by atoms with van der Waals surface area (Å²) in [5, 5.41) is 3.34. The molecule has 1 rings (SSSR count). The Hall–Kier alpha value is -1.25. The van der Waals surface area contributed by atoms with E-state index in [0.717, 1.165) is 31.1 Å². The summed E-state index contributed by atoms with van der Waals surface area (Å²) in [7, 11) is 0. The molecule has 1 heterocycles. The molecular formula is C14H24N2O. The van der Waals surface area contributed by atoms with E-state index in [0.29, 0.717) is 0 Å². The van der Waals surface area contributed by atoms with Crippen molar-refractivity contribution in [3.05, 3.63) is 18.3 Å². The van der Waals surface area contributed by atoms with Crippen LogP contribution in [0.1, 0.15) is 46.0 Å². The van der Waals surface area contributed by atoms with Gasteiger partial charge in [0.15, 0.2) is 11.6 Å². The van der Waals surface area contributed by atoms with Gasteiger partial charge in [-0.3, -0.25) is 0 Å². The summed E-state index contributed by atoms with van der Waals surface area (Å²) in [4.78, 5) is 4.31. The lowest BCUT2D eigenvalue weighted by molar-refractivity contribution is 0.318. The lowest BCUT2D eigenvalue weighted by atomic mass is 10.2. The van der Waals surface area contributed by atoms with Crippen molar-refractivity contribution in [2.24, 2.45) is 0 Å². The second-order valence-corrected chi connectivity index (χ2v) is 4.19. The normalized spacial score (nSPS) is 10.2. The minimum absolute atomic E-state index is 0.746. The number of hydrogen-bond donors (Lipinski definition) is 1. The molecule has 0 bridgehead atoms. The van der Waals surface area contributed by atoms with Crippen molar-refractivity contribution in [2.75, 3.05) is 18.5 Å². The van der Waals surface area contributed by atoms with E-state index in [1.165, 1.54) is 25.7 Å². The lowest BCUT2D eigenvalue weighted by Crippen LogP contribution is -2.06. The van der Waals surface area contributed by atoms with Crippen molar-refractivity contribution in [3.8, 4) is 5.75 Å². The lowest BCUT2D eigenvalue weighted by Gasteiger charge is -2.11. The van der Waals surface area contributed by atoms with Crippen molar-refractivity contribution >= 4 is 5.82 Å². The van der Waals surface area contributed by atoms with Crippen molar-refractivity contribution in [1.29, 1.82) is 0 Å². The summed E-state index contributed by atoms with van der Waals surface area (Å²) in [5.41, 5.74) is 0. The quantitative estimate of drug-likeness (QED) is 0.661. The SMILES string of the molecule is CCCCCCNc1ncccc1OCCC. The van der Waals surface area contributed by atoms with Gasteiger partial charge in [0.25, 0.3) is 0 Å². The first-order valence-electron chi connectivity index (χ1n) is 6.70. The summed E-state index contributed by atoms with van der Waals surface area (Å²) >= 11 is 0. The molecule has 0 atom stereocenters. The average molecular weight is 236 g/mol. The Kier molecular flexibility index (Phi) is 7.19. The van der Waals surface area contributed by atoms with E-state index >= 15 is 0 Å². The fourth-order valence-electron chi connectivity index (χ4n) is 1.61. The molecule has 96 valence electrons. The van der Waals surface area contributed by atoms with E-state index in [1.807, 2.05) is 12.1 Å². The largest absolute Gasteiger partial charge is 0.490 e. The molecular weight excluding hydrogens is 212 g/mol. The summed E-state index contributed by atoms with van der Waals surface area (Å²) in [6.07, 6.45) is 7.87. The van der Waals surface area contributed by atoms with Gasteiger partial charge in [-0.15, -0.1) is 0 Å². The number of unbranched alkanes of at least 4 members (excludes halogenated alkanes) is 3. The number of hydrogen-bond acceptors (Lipinski definition) is 3. The number of nitrogens with one attached hydrogen (secondary N) is 1. The zero-order valence-corrected chi connectivity index (χ0v) is 11.0. The number of rotatable bonds is 9. The van der Waals surface area contributed by atoms with Gasteiger partial charge in [-0.1, -0.05) is 33.1 Å². The Morgan fingerprint density at radius 2 is 2.06 bits per heavy atom. The van der Waals surface area contributed by atoms with Gasteiger partial charge in [-0.05, 0) is 25.0 Å². The molecule has 17 heavy (non-hydrogen) atoms. The summed E-state index contributed by atoms with van der Waals surface area (Å²) in [5.74, 6) is 1.74. The fraction of sp³-hybridized carbons (Fsp3) is 0.643. The van der Waals surface area contributed by atoms with Gasteiger partial charge in [0, 0.05) is 12.7 Å². The van der Waals surface area contributed by atoms with E-state index in [1.54, 1.807) is 6.20 Å².